The van der Waals surface area contributed by atoms with Crippen LogP contribution in [0, 0.1) is 0 Å². The third-order valence-corrected chi connectivity index (χ3v) is 7.03. The lowest BCUT2D eigenvalue weighted by molar-refractivity contribution is -0.685. The predicted octanol–water partition coefficient (Wildman–Crippen LogP) is 8.45. The van der Waals surface area contributed by atoms with Crippen molar-refractivity contribution >= 4 is 10.8 Å². The first-order chi connectivity index (χ1) is 19.1. The van der Waals surface area contributed by atoms with E-state index in [0.29, 0.717) is 6.04 Å². The molecule has 3 heteroatoms. The molecule has 3 nitrogen and oxygen atoms in total. The van der Waals surface area contributed by atoms with E-state index >= 15 is 0 Å². The summed E-state index contributed by atoms with van der Waals surface area (Å²) in [4.78, 5) is 0. The second kappa shape index (κ2) is 14.8. The molecule has 39 heavy (non-hydrogen) atoms. The summed E-state index contributed by atoms with van der Waals surface area (Å²) in [6, 6.07) is 36.5. The molecule has 0 amide bonds. The van der Waals surface area contributed by atoms with Crippen LogP contribution in [0.3, 0.4) is 0 Å². The van der Waals surface area contributed by atoms with Crippen LogP contribution in [-0.2, 0) is 7.05 Å². The van der Waals surface area contributed by atoms with E-state index in [-0.39, 0.29) is 0 Å². The van der Waals surface area contributed by atoms with Gasteiger partial charge in [-0.1, -0.05) is 99.8 Å². The standard InChI is InChI=1S/C18H17N2.C12H12N.C4H10.C2H6/c1-13-15-8-5-6-10-17(15)18-16-9-4-3-7-14(16)11-12-20(18)19(13)2;1-13-10-6-5-9-12(13)11-7-3-2-4-8-11;1-3-4-2;1-2/h3-13H,1-2H3;2-10H,1H3;3-4H2,1-2H3;1-2H3/q2*+1;;. The van der Waals surface area contributed by atoms with Gasteiger partial charge in [0.25, 0.3) is 5.69 Å². The summed E-state index contributed by atoms with van der Waals surface area (Å²) in [5, 5.41) is 4.89. The number of unbranched alkanes of at least 4 members (excludes halogenated alkanes) is 1. The number of aromatic nitrogens is 2. The summed E-state index contributed by atoms with van der Waals surface area (Å²) in [5.41, 5.74) is 6.52. The number of hydrogen-bond acceptors (Lipinski definition) is 1. The van der Waals surface area contributed by atoms with Gasteiger partial charge in [-0.2, -0.15) is 5.01 Å². The maximum absolute atomic E-state index is 2.30. The highest BCUT2D eigenvalue weighted by Gasteiger charge is 2.33. The molecule has 1 aliphatic rings. The SMILES string of the molecule is CC.CC1c2ccccc2-c2c3ccccc3cc[n+]2N1C.CCCC.C[n+]1ccccc1-c1ccccc1. The minimum Gasteiger partial charge on any atom is -0.201 e. The molecule has 0 radical (unpaired) electrons. The average molecular weight is 520 g/mol. The van der Waals surface area contributed by atoms with Crippen LogP contribution in [0.25, 0.3) is 33.3 Å². The quantitative estimate of drug-likeness (QED) is 0.213. The van der Waals surface area contributed by atoms with E-state index in [4.69, 9.17) is 0 Å². The molecule has 6 rings (SSSR count). The Morgan fingerprint density at radius 2 is 1.31 bits per heavy atom. The fourth-order valence-electron chi connectivity index (χ4n) is 4.64. The van der Waals surface area contributed by atoms with Crippen LogP contribution in [0.15, 0.2) is 116 Å². The van der Waals surface area contributed by atoms with Gasteiger partial charge in [-0.25, -0.2) is 4.57 Å². The smallest absolute Gasteiger partial charge is 0.201 e. The van der Waals surface area contributed by atoms with Gasteiger partial charge in [0.1, 0.15) is 13.1 Å². The van der Waals surface area contributed by atoms with Crippen LogP contribution in [0.1, 0.15) is 59.1 Å². The zero-order valence-corrected chi connectivity index (χ0v) is 24.8. The van der Waals surface area contributed by atoms with Gasteiger partial charge in [0.15, 0.2) is 6.20 Å². The van der Waals surface area contributed by atoms with Crippen molar-refractivity contribution in [3.63, 3.8) is 0 Å². The van der Waals surface area contributed by atoms with Crippen molar-refractivity contribution in [1.82, 2.24) is 0 Å². The van der Waals surface area contributed by atoms with Crippen molar-refractivity contribution in [2.75, 3.05) is 12.1 Å². The van der Waals surface area contributed by atoms with E-state index in [1.807, 2.05) is 26.0 Å². The molecule has 0 saturated heterocycles. The van der Waals surface area contributed by atoms with Crippen molar-refractivity contribution in [3.05, 3.63) is 121 Å². The van der Waals surface area contributed by atoms with E-state index < -0.39 is 0 Å². The Kier molecular flexibility index (Phi) is 11.2. The molecule has 1 unspecified atom stereocenters. The van der Waals surface area contributed by atoms with Crippen LogP contribution >= 0.6 is 0 Å². The summed E-state index contributed by atoms with van der Waals surface area (Å²) in [7, 11) is 4.21. The van der Waals surface area contributed by atoms with E-state index in [2.05, 4.69) is 153 Å². The Balaban J connectivity index is 0.000000191. The van der Waals surface area contributed by atoms with E-state index in [1.165, 1.54) is 51.7 Å². The highest BCUT2D eigenvalue weighted by Crippen LogP contribution is 2.35. The molecule has 3 heterocycles. The predicted molar refractivity (Wildman–Crippen MR) is 167 cm³/mol. The van der Waals surface area contributed by atoms with Gasteiger partial charge in [0, 0.05) is 23.8 Å². The lowest BCUT2D eigenvalue weighted by Crippen LogP contribution is -2.59. The number of aryl methyl sites for hydroxylation is 1. The van der Waals surface area contributed by atoms with E-state index in [9.17, 15) is 0 Å². The fourth-order valence-corrected chi connectivity index (χ4v) is 4.64. The first-order valence-electron chi connectivity index (χ1n) is 14.3. The lowest BCUT2D eigenvalue weighted by atomic mass is 9.93. The van der Waals surface area contributed by atoms with Crippen LogP contribution in [0.4, 0.5) is 0 Å². The topological polar surface area (TPSA) is 11.0 Å². The summed E-state index contributed by atoms with van der Waals surface area (Å²) in [5.74, 6) is 0. The number of benzene rings is 3. The summed E-state index contributed by atoms with van der Waals surface area (Å²) < 4.78 is 4.39. The highest BCUT2D eigenvalue weighted by molar-refractivity contribution is 5.94. The Morgan fingerprint density at radius 1 is 0.692 bits per heavy atom. The largest absolute Gasteiger partial charge is 0.250 e. The summed E-state index contributed by atoms with van der Waals surface area (Å²) in [6.07, 6.45) is 6.87. The van der Waals surface area contributed by atoms with Crippen molar-refractivity contribution in [1.29, 1.82) is 0 Å². The number of pyridine rings is 2. The molecule has 3 aromatic carbocycles. The first kappa shape index (κ1) is 29.6. The molecule has 202 valence electrons. The van der Waals surface area contributed by atoms with Crippen LogP contribution < -0.4 is 14.3 Å². The van der Waals surface area contributed by atoms with Gasteiger partial charge >= 0.3 is 0 Å². The maximum Gasteiger partial charge on any atom is 0.250 e. The van der Waals surface area contributed by atoms with E-state index in [1.54, 1.807) is 0 Å². The molecule has 0 N–H and O–H groups in total. The minimum atomic E-state index is 0.380. The van der Waals surface area contributed by atoms with Gasteiger partial charge in [0.05, 0.1) is 18.0 Å². The third-order valence-electron chi connectivity index (χ3n) is 7.03. The molecule has 0 saturated carbocycles. The average Bonchev–Trinajstić information content (AvgIpc) is 3.01. The molecule has 2 aromatic heterocycles. The van der Waals surface area contributed by atoms with Crippen molar-refractivity contribution in [2.24, 2.45) is 7.05 Å². The Morgan fingerprint density at radius 3 is 2.00 bits per heavy atom. The molecular weight excluding hydrogens is 474 g/mol. The molecule has 0 spiro atoms. The van der Waals surface area contributed by atoms with E-state index in [0.717, 1.165) is 0 Å². The van der Waals surface area contributed by atoms with Crippen LogP contribution in [0.2, 0.25) is 0 Å². The van der Waals surface area contributed by atoms with Crippen molar-refractivity contribution in [3.8, 4) is 22.5 Å². The molecule has 1 aliphatic heterocycles. The van der Waals surface area contributed by atoms with Crippen molar-refractivity contribution in [2.45, 2.75) is 53.5 Å². The molecule has 0 fully saturated rings. The molecular formula is C36H45N3+2. The van der Waals surface area contributed by atoms with Crippen LogP contribution in [-0.4, -0.2) is 7.05 Å². The summed E-state index contributed by atoms with van der Waals surface area (Å²) in [6.45, 7) is 10.6. The molecule has 0 bridgehead atoms. The number of nitrogens with zero attached hydrogens (tertiary/aromatic N) is 3. The zero-order valence-electron chi connectivity index (χ0n) is 24.8. The number of fused-ring (bicyclic) bond motifs is 5. The molecule has 1 atom stereocenters. The fraction of sp³-hybridized carbons (Fsp3) is 0.278. The zero-order chi connectivity index (χ0) is 28.2. The maximum atomic E-state index is 2.30. The second-order valence-electron chi connectivity index (χ2n) is 9.50. The van der Waals surface area contributed by atoms with Gasteiger partial charge in [-0.3, -0.25) is 0 Å². The van der Waals surface area contributed by atoms with Gasteiger partial charge < -0.3 is 0 Å². The Labute approximate surface area is 236 Å². The first-order valence-corrected chi connectivity index (χ1v) is 14.3. The lowest BCUT2D eigenvalue weighted by Gasteiger charge is -2.29. The normalized spacial score (nSPS) is 12.9. The number of hydrogen-bond donors (Lipinski definition) is 0. The molecule has 0 aliphatic carbocycles. The van der Waals surface area contributed by atoms with Gasteiger partial charge in [-0.05, 0) is 48.2 Å². The van der Waals surface area contributed by atoms with Crippen LogP contribution in [0.5, 0.6) is 0 Å². The highest BCUT2D eigenvalue weighted by atomic mass is 15.5. The third kappa shape index (κ3) is 6.92. The Bertz CT molecular complexity index is 1440. The van der Waals surface area contributed by atoms with Gasteiger partial charge in [-0.15, -0.1) is 0 Å². The van der Waals surface area contributed by atoms with Gasteiger partial charge in [0.2, 0.25) is 11.9 Å². The second-order valence-corrected chi connectivity index (χ2v) is 9.50. The monoisotopic (exact) mass is 519 g/mol. The number of rotatable bonds is 2. The Hall–Kier alpha value is -3.98. The minimum absolute atomic E-state index is 0.380. The summed E-state index contributed by atoms with van der Waals surface area (Å²) >= 11 is 0. The molecule has 5 aromatic rings. The van der Waals surface area contributed by atoms with Crippen molar-refractivity contribution < 1.29 is 9.24 Å².